The molecule has 0 bridgehead atoms. The second-order valence-corrected chi connectivity index (χ2v) is 4.48. The third-order valence-electron chi connectivity index (χ3n) is 2.01. The number of nitrogens with one attached hydrogen (secondary N) is 1. The largest absolute Gasteiger partial charge is 0.477 e. The Morgan fingerprint density at radius 2 is 2.28 bits per heavy atom. The van der Waals surface area contributed by atoms with Gasteiger partial charge in [0.15, 0.2) is 15.7 Å². The molecule has 0 aliphatic heterocycles. The summed E-state index contributed by atoms with van der Waals surface area (Å²) in [5.74, 6) is -1.49. The van der Waals surface area contributed by atoms with Crippen molar-refractivity contribution >= 4 is 34.8 Å². The van der Waals surface area contributed by atoms with Crippen molar-refractivity contribution in [1.82, 2.24) is 20.1 Å². The van der Waals surface area contributed by atoms with Gasteiger partial charge < -0.3 is 10.4 Å². The number of carbonyl (C=O) groups is 2. The number of amides is 1. The smallest absolute Gasteiger partial charge is 0.349 e. The molecule has 2 N–H and O–H groups in total. The normalized spacial score (nSPS) is 10.3. The molecule has 0 saturated carbocycles. The van der Waals surface area contributed by atoms with Crippen LogP contribution in [-0.4, -0.2) is 38.8 Å². The van der Waals surface area contributed by atoms with E-state index in [9.17, 15) is 9.59 Å². The van der Waals surface area contributed by atoms with Crippen LogP contribution in [0.5, 0.6) is 0 Å². The number of thiazole rings is 1. The molecule has 2 heterocycles. The van der Waals surface area contributed by atoms with E-state index in [1.165, 1.54) is 24.0 Å². The van der Waals surface area contributed by atoms with Crippen molar-refractivity contribution in [1.29, 1.82) is 0 Å². The van der Waals surface area contributed by atoms with Gasteiger partial charge in [-0.25, -0.2) is 14.5 Å². The van der Waals surface area contributed by atoms with Crippen molar-refractivity contribution in [2.24, 2.45) is 0 Å². The van der Waals surface area contributed by atoms with Crippen LogP contribution < -0.4 is 5.32 Å². The van der Waals surface area contributed by atoms with Crippen LogP contribution >= 0.6 is 22.9 Å². The molecule has 2 aromatic heterocycles. The van der Waals surface area contributed by atoms with Crippen LogP contribution in [0.1, 0.15) is 20.2 Å². The van der Waals surface area contributed by atoms with E-state index in [0.29, 0.717) is 0 Å². The van der Waals surface area contributed by atoms with Gasteiger partial charge in [0, 0.05) is 13.2 Å². The Hall–Kier alpha value is -1.93. The number of halogens is 1. The lowest BCUT2D eigenvalue weighted by molar-refractivity contribution is 0.0702. The molecule has 1 amide bonds. The van der Waals surface area contributed by atoms with E-state index in [2.05, 4.69) is 15.4 Å². The Bertz CT molecular complexity index is 621. The monoisotopic (exact) mass is 286 g/mol. The van der Waals surface area contributed by atoms with Crippen LogP contribution in [0.3, 0.4) is 0 Å². The number of rotatable bonds is 3. The molecule has 2 rings (SSSR count). The Morgan fingerprint density at radius 1 is 1.56 bits per heavy atom. The van der Waals surface area contributed by atoms with Gasteiger partial charge in [0.05, 0.1) is 0 Å². The van der Waals surface area contributed by atoms with E-state index in [0.717, 1.165) is 11.3 Å². The van der Waals surface area contributed by atoms with Gasteiger partial charge in [-0.05, 0) is 6.07 Å². The fourth-order valence-corrected chi connectivity index (χ4v) is 2.26. The minimum Gasteiger partial charge on any atom is -0.477 e. The SMILES string of the molecule is CNC(=O)c1ccn(-c2nc(Cl)c(C(=O)O)s2)n1. The molecule has 18 heavy (non-hydrogen) atoms. The highest BCUT2D eigenvalue weighted by atomic mass is 35.5. The summed E-state index contributed by atoms with van der Waals surface area (Å²) in [5, 5.41) is 15.4. The molecule has 0 saturated heterocycles. The Morgan fingerprint density at radius 3 is 2.83 bits per heavy atom. The first kappa shape index (κ1) is 12.5. The zero-order valence-corrected chi connectivity index (χ0v) is 10.6. The summed E-state index contributed by atoms with van der Waals surface area (Å²) in [6.45, 7) is 0. The minimum atomic E-state index is -1.15. The topological polar surface area (TPSA) is 97.1 Å². The van der Waals surface area contributed by atoms with Gasteiger partial charge in [0.25, 0.3) is 5.91 Å². The molecule has 2 aromatic rings. The summed E-state index contributed by atoms with van der Waals surface area (Å²) in [5.41, 5.74) is 0.209. The lowest BCUT2D eigenvalue weighted by Crippen LogP contribution is -2.18. The minimum absolute atomic E-state index is 0.0661. The van der Waals surface area contributed by atoms with Crippen molar-refractivity contribution in [2.75, 3.05) is 7.05 Å². The summed E-state index contributed by atoms with van der Waals surface area (Å²) < 4.78 is 1.30. The fourth-order valence-electron chi connectivity index (χ4n) is 1.20. The predicted molar refractivity (Wildman–Crippen MR) is 64.6 cm³/mol. The van der Waals surface area contributed by atoms with Gasteiger partial charge in [-0.1, -0.05) is 22.9 Å². The summed E-state index contributed by atoms with van der Waals surface area (Å²) in [4.78, 5) is 25.9. The molecule has 0 aliphatic carbocycles. The molecule has 9 heteroatoms. The summed E-state index contributed by atoms with van der Waals surface area (Å²) in [7, 11) is 1.49. The van der Waals surface area contributed by atoms with Gasteiger partial charge in [0.2, 0.25) is 5.13 Å². The van der Waals surface area contributed by atoms with E-state index in [4.69, 9.17) is 16.7 Å². The zero-order chi connectivity index (χ0) is 13.3. The maximum atomic E-state index is 11.3. The van der Waals surface area contributed by atoms with Gasteiger partial charge in [-0.2, -0.15) is 5.10 Å². The van der Waals surface area contributed by atoms with Gasteiger partial charge in [0.1, 0.15) is 0 Å². The highest BCUT2D eigenvalue weighted by Crippen LogP contribution is 2.25. The average Bonchev–Trinajstić information content (AvgIpc) is 2.93. The molecular weight excluding hydrogens is 280 g/mol. The van der Waals surface area contributed by atoms with Crippen LogP contribution in [0, 0.1) is 0 Å². The van der Waals surface area contributed by atoms with Gasteiger partial charge in [-0.3, -0.25) is 4.79 Å². The molecule has 7 nitrogen and oxygen atoms in total. The van der Waals surface area contributed by atoms with Crippen molar-refractivity contribution in [2.45, 2.75) is 0 Å². The van der Waals surface area contributed by atoms with Crippen molar-refractivity contribution in [3.05, 3.63) is 28.0 Å². The van der Waals surface area contributed by atoms with Crippen LogP contribution in [0.2, 0.25) is 5.15 Å². The second kappa shape index (κ2) is 4.75. The third kappa shape index (κ3) is 2.20. The maximum Gasteiger partial charge on any atom is 0.349 e. The molecule has 0 aromatic carbocycles. The number of hydrogen-bond donors (Lipinski definition) is 2. The van der Waals surface area contributed by atoms with Gasteiger partial charge >= 0.3 is 5.97 Å². The number of aromatic carboxylic acids is 1. The van der Waals surface area contributed by atoms with Crippen LogP contribution in [0.25, 0.3) is 5.13 Å². The standard InChI is InChI=1S/C9H7ClN4O3S/c1-11-7(15)4-2-3-14(13-4)9-12-6(10)5(18-9)8(16)17/h2-3H,1H3,(H,11,15)(H,16,17). The highest BCUT2D eigenvalue weighted by Gasteiger charge is 2.18. The first-order valence-corrected chi connectivity index (χ1v) is 5.90. The third-order valence-corrected chi connectivity index (χ3v) is 3.43. The Labute approximate surface area is 110 Å². The van der Waals surface area contributed by atoms with E-state index >= 15 is 0 Å². The lowest BCUT2D eigenvalue weighted by atomic mass is 10.4. The van der Waals surface area contributed by atoms with Gasteiger partial charge in [-0.15, -0.1) is 0 Å². The van der Waals surface area contributed by atoms with E-state index in [1.54, 1.807) is 0 Å². The van der Waals surface area contributed by atoms with Crippen molar-refractivity contribution < 1.29 is 14.7 Å². The number of nitrogens with zero attached hydrogens (tertiary/aromatic N) is 3. The second-order valence-electron chi connectivity index (χ2n) is 3.15. The summed E-state index contributed by atoms with van der Waals surface area (Å²) >= 11 is 6.56. The molecule has 0 unspecified atom stereocenters. The Kier molecular flexibility index (Phi) is 3.30. The van der Waals surface area contributed by atoms with Crippen molar-refractivity contribution in [3.8, 4) is 5.13 Å². The Balaban J connectivity index is 2.37. The average molecular weight is 287 g/mol. The first-order valence-electron chi connectivity index (χ1n) is 4.70. The maximum absolute atomic E-state index is 11.3. The number of carbonyl (C=O) groups excluding carboxylic acids is 1. The number of aromatic nitrogens is 3. The summed E-state index contributed by atoms with van der Waals surface area (Å²) in [6, 6.07) is 1.49. The van der Waals surface area contributed by atoms with E-state index in [1.807, 2.05) is 0 Å². The number of carboxylic acids is 1. The van der Waals surface area contributed by atoms with Crippen molar-refractivity contribution in [3.63, 3.8) is 0 Å². The predicted octanol–water partition coefficient (Wildman–Crippen LogP) is 1.04. The molecule has 94 valence electrons. The fraction of sp³-hybridized carbons (Fsp3) is 0.111. The quantitative estimate of drug-likeness (QED) is 0.878. The molecular formula is C9H7ClN4O3S. The number of hydrogen-bond acceptors (Lipinski definition) is 5. The van der Waals surface area contributed by atoms with Crippen LogP contribution in [0.15, 0.2) is 12.3 Å². The first-order chi connectivity index (χ1) is 8.52. The molecule has 0 fully saturated rings. The molecule has 0 atom stereocenters. The zero-order valence-electron chi connectivity index (χ0n) is 9.05. The molecule has 0 aliphatic rings. The van der Waals surface area contributed by atoms with Crippen LogP contribution in [0.4, 0.5) is 0 Å². The molecule has 0 radical (unpaired) electrons. The highest BCUT2D eigenvalue weighted by molar-refractivity contribution is 7.16. The van der Waals surface area contributed by atoms with E-state index < -0.39 is 5.97 Å². The lowest BCUT2D eigenvalue weighted by Gasteiger charge is -1.94. The number of carboxylic acid groups (broad SMARTS) is 1. The molecule has 0 spiro atoms. The van der Waals surface area contributed by atoms with E-state index in [-0.39, 0.29) is 26.8 Å². The summed E-state index contributed by atoms with van der Waals surface area (Å²) in [6.07, 6.45) is 1.51. The van der Waals surface area contributed by atoms with Crippen LogP contribution in [-0.2, 0) is 0 Å².